The van der Waals surface area contributed by atoms with Gasteiger partial charge in [0.2, 0.25) is 0 Å². The molecule has 0 aliphatic rings. The quantitative estimate of drug-likeness (QED) is 0.793. The molecule has 5 heteroatoms. The summed E-state index contributed by atoms with van der Waals surface area (Å²) in [6.45, 7) is 4.07. The molecule has 0 bridgehead atoms. The predicted molar refractivity (Wildman–Crippen MR) is 79.5 cm³/mol. The Morgan fingerprint density at radius 3 is 2.72 bits per heavy atom. The van der Waals surface area contributed by atoms with Crippen molar-refractivity contribution in [1.82, 2.24) is 5.32 Å². The molecule has 0 radical (unpaired) electrons. The molecule has 0 spiro atoms. The number of hydrogen-bond donors (Lipinski definition) is 1. The molecule has 0 saturated heterocycles. The van der Waals surface area contributed by atoms with Crippen LogP contribution in [0, 0.1) is 11.3 Å². The van der Waals surface area contributed by atoms with Crippen molar-refractivity contribution >= 4 is 35.0 Å². The minimum absolute atomic E-state index is 0.115. The van der Waals surface area contributed by atoms with Gasteiger partial charge in [0, 0.05) is 21.7 Å². The highest BCUT2D eigenvalue weighted by atomic mass is 35.5. The van der Waals surface area contributed by atoms with Crippen LogP contribution in [0.1, 0.15) is 20.3 Å². The van der Waals surface area contributed by atoms with E-state index in [1.807, 2.05) is 19.9 Å². The average Bonchev–Trinajstić information content (AvgIpc) is 2.31. The molecule has 1 N–H and O–H groups in total. The SMILES string of the molecule is CC(C)NC(C#N)CCSc1cc(Cl)ccc1Cl. The topological polar surface area (TPSA) is 35.8 Å². The van der Waals surface area contributed by atoms with Gasteiger partial charge in [-0.15, -0.1) is 11.8 Å². The molecule has 0 saturated carbocycles. The number of thioether (sulfide) groups is 1. The third-order valence-electron chi connectivity index (χ3n) is 2.25. The largest absolute Gasteiger partial charge is 0.300 e. The molecule has 1 rings (SSSR count). The Morgan fingerprint density at radius 1 is 1.39 bits per heavy atom. The Kier molecular flexibility index (Phi) is 6.88. The number of nitrogens with zero attached hydrogens (tertiary/aromatic N) is 1. The van der Waals surface area contributed by atoms with Crippen LogP contribution in [0.4, 0.5) is 0 Å². The van der Waals surface area contributed by atoms with Gasteiger partial charge < -0.3 is 0 Å². The summed E-state index contributed by atoms with van der Waals surface area (Å²) in [5.74, 6) is 0.831. The molecule has 1 aromatic carbocycles. The highest BCUT2D eigenvalue weighted by molar-refractivity contribution is 7.99. The maximum absolute atomic E-state index is 9.00. The molecule has 1 unspecified atom stereocenters. The van der Waals surface area contributed by atoms with Crippen LogP contribution in [0.5, 0.6) is 0 Å². The molecule has 98 valence electrons. The molecular formula is C13H16Cl2N2S. The fourth-order valence-corrected chi connectivity index (χ4v) is 2.97. The van der Waals surface area contributed by atoms with Crippen LogP contribution >= 0.6 is 35.0 Å². The Morgan fingerprint density at radius 2 is 2.11 bits per heavy atom. The Labute approximate surface area is 123 Å². The molecule has 0 aliphatic carbocycles. The monoisotopic (exact) mass is 302 g/mol. The molecule has 0 aromatic heterocycles. The predicted octanol–water partition coefficient (Wildman–Crippen LogP) is 4.37. The molecule has 2 nitrogen and oxygen atoms in total. The number of nitrogens with one attached hydrogen (secondary N) is 1. The van der Waals surface area contributed by atoms with Gasteiger partial charge >= 0.3 is 0 Å². The molecule has 0 heterocycles. The molecule has 0 amide bonds. The standard InChI is InChI=1S/C13H16Cl2N2S/c1-9(2)17-11(8-16)5-6-18-13-7-10(14)3-4-12(13)15/h3-4,7,9,11,17H,5-6H2,1-2H3. The van der Waals surface area contributed by atoms with E-state index in [1.54, 1.807) is 23.9 Å². The minimum atomic E-state index is -0.115. The van der Waals surface area contributed by atoms with Crippen molar-refractivity contribution in [2.45, 2.75) is 37.2 Å². The van der Waals surface area contributed by atoms with Crippen LogP contribution in [0.2, 0.25) is 10.0 Å². The van der Waals surface area contributed by atoms with Gasteiger partial charge in [0.15, 0.2) is 0 Å². The summed E-state index contributed by atoms with van der Waals surface area (Å²) in [6, 6.07) is 7.88. The van der Waals surface area contributed by atoms with Gasteiger partial charge in [-0.3, -0.25) is 5.32 Å². The number of nitriles is 1. The fourth-order valence-electron chi connectivity index (χ4n) is 1.46. The maximum Gasteiger partial charge on any atom is 0.0962 e. The van der Waals surface area contributed by atoms with Crippen LogP contribution in [-0.2, 0) is 0 Å². The Balaban J connectivity index is 2.46. The van der Waals surface area contributed by atoms with Gasteiger partial charge in [-0.05, 0) is 38.5 Å². The zero-order valence-corrected chi connectivity index (χ0v) is 12.7. The van der Waals surface area contributed by atoms with E-state index in [2.05, 4.69) is 11.4 Å². The van der Waals surface area contributed by atoms with E-state index in [1.165, 1.54) is 0 Å². The second-order valence-corrected chi connectivity index (χ2v) is 6.20. The van der Waals surface area contributed by atoms with Crippen LogP contribution in [0.3, 0.4) is 0 Å². The molecule has 0 aliphatic heterocycles. The third-order valence-corrected chi connectivity index (χ3v) is 4.01. The normalized spacial score (nSPS) is 12.4. The molecular weight excluding hydrogens is 287 g/mol. The summed E-state index contributed by atoms with van der Waals surface area (Å²) in [7, 11) is 0. The lowest BCUT2D eigenvalue weighted by molar-refractivity contribution is 0.522. The smallest absolute Gasteiger partial charge is 0.0962 e. The van der Waals surface area contributed by atoms with E-state index in [-0.39, 0.29) is 6.04 Å². The molecule has 18 heavy (non-hydrogen) atoms. The summed E-state index contributed by atoms with van der Waals surface area (Å²) < 4.78 is 0. The van der Waals surface area contributed by atoms with Crippen molar-refractivity contribution in [1.29, 1.82) is 5.26 Å². The van der Waals surface area contributed by atoms with E-state index in [0.717, 1.165) is 17.1 Å². The lowest BCUT2D eigenvalue weighted by Crippen LogP contribution is -2.33. The summed E-state index contributed by atoms with van der Waals surface area (Å²) in [5, 5.41) is 13.6. The Bertz CT molecular complexity index is 429. The van der Waals surface area contributed by atoms with Crippen molar-refractivity contribution < 1.29 is 0 Å². The zero-order chi connectivity index (χ0) is 13.5. The van der Waals surface area contributed by atoms with E-state index in [0.29, 0.717) is 16.1 Å². The van der Waals surface area contributed by atoms with E-state index in [9.17, 15) is 0 Å². The fraction of sp³-hybridized carbons (Fsp3) is 0.462. The minimum Gasteiger partial charge on any atom is -0.300 e. The van der Waals surface area contributed by atoms with Gasteiger partial charge in [-0.2, -0.15) is 5.26 Å². The first-order valence-corrected chi connectivity index (χ1v) is 7.50. The van der Waals surface area contributed by atoms with Crippen molar-refractivity contribution in [3.63, 3.8) is 0 Å². The average molecular weight is 303 g/mol. The van der Waals surface area contributed by atoms with Crippen molar-refractivity contribution in [2.24, 2.45) is 0 Å². The van der Waals surface area contributed by atoms with Crippen molar-refractivity contribution in [3.8, 4) is 6.07 Å². The summed E-state index contributed by atoms with van der Waals surface area (Å²) >= 11 is 13.6. The highest BCUT2D eigenvalue weighted by Crippen LogP contribution is 2.30. The number of rotatable bonds is 6. The van der Waals surface area contributed by atoms with E-state index >= 15 is 0 Å². The molecule has 1 atom stereocenters. The van der Waals surface area contributed by atoms with Gasteiger partial charge in [0.25, 0.3) is 0 Å². The second kappa shape index (κ2) is 7.91. The highest BCUT2D eigenvalue weighted by Gasteiger charge is 2.09. The van der Waals surface area contributed by atoms with Crippen LogP contribution in [0.25, 0.3) is 0 Å². The molecule has 0 fully saturated rings. The van der Waals surface area contributed by atoms with Crippen LogP contribution in [0.15, 0.2) is 23.1 Å². The maximum atomic E-state index is 9.00. The lowest BCUT2D eigenvalue weighted by Gasteiger charge is -2.14. The van der Waals surface area contributed by atoms with Gasteiger partial charge in [0.1, 0.15) is 0 Å². The van der Waals surface area contributed by atoms with Gasteiger partial charge in [-0.1, -0.05) is 23.2 Å². The lowest BCUT2D eigenvalue weighted by atomic mass is 10.2. The summed E-state index contributed by atoms with van der Waals surface area (Å²) in [4.78, 5) is 0.963. The first-order valence-electron chi connectivity index (χ1n) is 5.76. The van der Waals surface area contributed by atoms with E-state index < -0.39 is 0 Å². The first kappa shape index (κ1) is 15.7. The number of benzene rings is 1. The van der Waals surface area contributed by atoms with E-state index in [4.69, 9.17) is 28.5 Å². The summed E-state index contributed by atoms with van der Waals surface area (Å²) in [6.07, 6.45) is 0.780. The first-order chi connectivity index (χ1) is 8.52. The second-order valence-electron chi connectivity index (χ2n) is 4.21. The van der Waals surface area contributed by atoms with Crippen molar-refractivity contribution in [2.75, 3.05) is 5.75 Å². The van der Waals surface area contributed by atoms with Crippen LogP contribution < -0.4 is 5.32 Å². The zero-order valence-electron chi connectivity index (χ0n) is 10.4. The summed E-state index contributed by atoms with van der Waals surface area (Å²) in [5.41, 5.74) is 0. The van der Waals surface area contributed by atoms with Crippen LogP contribution in [-0.4, -0.2) is 17.8 Å². The van der Waals surface area contributed by atoms with Crippen molar-refractivity contribution in [3.05, 3.63) is 28.2 Å². The number of halogens is 2. The van der Waals surface area contributed by atoms with Gasteiger partial charge in [0.05, 0.1) is 17.1 Å². The third kappa shape index (κ3) is 5.49. The van der Waals surface area contributed by atoms with Gasteiger partial charge in [-0.25, -0.2) is 0 Å². The number of hydrogen-bond acceptors (Lipinski definition) is 3. The molecule has 1 aromatic rings. The Hall–Kier alpha value is -0.400.